The van der Waals surface area contributed by atoms with E-state index in [0.717, 1.165) is 18.2 Å². The molecule has 3 rings (SSSR count). The van der Waals surface area contributed by atoms with Gasteiger partial charge in [0.15, 0.2) is 0 Å². The number of nitrogens with one attached hydrogen (secondary N) is 1. The fourth-order valence-corrected chi connectivity index (χ4v) is 2.80. The number of hydrogen-bond acceptors (Lipinski definition) is 1. The van der Waals surface area contributed by atoms with Gasteiger partial charge in [-0.25, -0.2) is 4.39 Å². The maximum Gasteiger partial charge on any atom is 0.416 e. The Kier molecular flexibility index (Phi) is 4.25. The molecule has 0 aromatic heterocycles. The fraction of sp³-hybridized carbons (Fsp3) is 0.235. The van der Waals surface area contributed by atoms with E-state index in [2.05, 4.69) is 5.32 Å². The lowest BCUT2D eigenvalue weighted by molar-refractivity contribution is -0.137. The molecular weight excluding hydrogens is 346 g/mol. The predicted octanol–water partition coefficient (Wildman–Crippen LogP) is 5.24. The first-order chi connectivity index (χ1) is 11.3. The molecule has 2 aromatic carbocycles. The lowest BCUT2D eigenvalue weighted by Crippen LogP contribution is -2.15. The fourth-order valence-electron chi connectivity index (χ4n) is 2.59. The van der Waals surface area contributed by atoms with E-state index in [-0.39, 0.29) is 22.8 Å². The molecule has 0 heterocycles. The zero-order chi connectivity index (χ0) is 17.5. The molecule has 0 bridgehead atoms. The Morgan fingerprint density at radius 2 is 1.79 bits per heavy atom. The van der Waals surface area contributed by atoms with Crippen LogP contribution in [0.15, 0.2) is 42.5 Å². The Balaban J connectivity index is 1.65. The zero-order valence-electron chi connectivity index (χ0n) is 12.2. The number of carbonyl (C=O) groups excluding carboxylic acids is 1. The summed E-state index contributed by atoms with van der Waals surface area (Å²) in [5, 5.41) is 2.71. The zero-order valence-corrected chi connectivity index (χ0v) is 13.0. The summed E-state index contributed by atoms with van der Waals surface area (Å²) >= 11 is 5.85. The summed E-state index contributed by atoms with van der Waals surface area (Å²) in [6.07, 6.45) is -3.83. The Labute approximate surface area is 140 Å². The van der Waals surface area contributed by atoms with Crippen molar-refractivity contribution >= 4 is 23.2 Å². The van der Waals surface area contributed by atoms with E-state index in [9.17, 15) is 22.4 Å². The van der Waals surface area contributed by atoms with E-state index in [1.54, 1.807) is 0 Å². The highest BCUT2D eigenvalue weighted by Crippen LogP contribution is 2.48. The van der Waals surface area contributed by atoms with Crippen molar-refractivity contribution in [1.82, 2.24) is 0 Å². The summed E-state index contributed by atoms with van der Waals surface area (Å²) in [6.45, 7) is 0. The third-order valence-corrected chi connectivity index (χ3v) is 4.30. The minimum atomic E-state index is -4.38. The third-order valence-electron chi connectivity index (χ3n) is 3.98. The van der Waals surface area contributed by atoms with Crippen molar-refractivity contribution in [3.05, 3.63) is 64.4 Å². The number of hydrogen-bond donors (Lipinski definition) is 1. The van der Waals surface area contributed by atoms with Crippen LogP contribution >= 0.6 is 11.6 Å². The van der Waals surface area contributed by atoms with Crippen LogP contribution in [0.1, 0.15) is 23.5 Å². The first-order valence-corrected chi connectivity index (χ1v) is 7.56. The van der Waals surface area contributed by atoms with Crippen LogP contribution in [0.2, 0.25) is 5.02 Å². The van der Waals surface area contributed by atoms with Crippen molar-refractivity contribution in [2.75, 3.05) is 5.32 Å². The molecule has 2 aromatic rings. The first-order valence-electron chi connectivity index (χ1n) is 7.19. The largest absolute Gasteiger partial charge is 0.416 e. The average molecular weight is 358 g/mol. The molecule has 126 valence electrons. The molecule has 1 fully saturated rings. The minimum Gasteiger partial charge on any atom is -0.325 e. The molecule has 1 saturated carbocycles. The number of alkyl halides is 3. The quantitative estimate of drug-likeness (QED) is 0.748. The van der Waals surface area contributed by atoms with Crippen molar-refractivity contribution < 1.29 is 22.4 Å². The summed E-state index contributed by atoms with van der Waals surface area (Å²) in [5.41, 5.74) is 0.278. The van der Waals surface area contributed by atoms with Gasteiger partial charge in [0, 0.05) is 5.92 Å². The SMILES string of the molecule is O=C(Nc1ccc(F)cc1Cl)C1CC1c1ccc(C(F)(F)F)cc1. The average Bonchev–Trinajstić information content (AvgIpc) is 3.30. The Morgan fingerprint density at radius 3 is 2.38 bits per heavy atom. The molecule has 0 spiro atoms. The van der Waals surface area contributed by atoms with Gasteiger partial charge in [0.25, 0.3) is 0 Å². The van der Waals surface area contributed by atoms with Crippen molar-refractivity contribution in [1.29, 1.82) is 0 Å². The summed E-state index contributed by atoms with van der Waals surface area (Å²) in [4.78, 5) is 12.2. The van der Waals surface area contributed by atoms with E-state index < -0.39 is 17.6 Å². The Hall–Kier alpha value is -2.08. The van der Waals surface area contributed by atoms with Crippen molar-refractivity contribution in [2.24, 2.45) is 5.92 Å². The molecule has 0 saturated heterocycles. The van der Waals surface area contributed by atoms with Gasteiger partial charge in [-0.3, -0.25) is 4.79 Å². The van der Waals surface area contributed by atoms with Crippen LogP contribution in [-0.2, 0) is 11.0 Å². The summed E-state index contributed by atoms with van der Waals surface area (Å²) < 4.78 is 50.6. The lowest BCUT2D eigenvalue weighted by Gasteiger charge is -2.08. The monoisotopic (exact) mass is 357 g/mol. The summed E-state index contributed by atoms with van der Waals surface area (Å²) in [6, 6.07) is 8.46. The van der Waals surface area contributed by atoms with E-state index in [1.165, 1.54) is 24.3 Å². The molecule has 0 radical (unpaired) electrons. The molecule has 2 nitrogen and oxygen atoms in total. The molecule has 1 aliphatic carbocycles. The predicted molar refractivity (Wildman–Crippen MR) is 82.3 cm³/mol. The number of anilines is 1. The number of halogens is 5. The second-order valence-electron chi connectivity index (χ2n) is 5.68. The highest BCUT2D eigenvalue weighted by Gasteiger charge is 2.44. The summed E-state index contributed by atoms with van der Waals surface area (Å²) in [7, 11) is 0. The van der Waals surface area contributed by atoms with Crippen LogP contribution in [0.4, 0.5) is 23.2 Å². The molecule has 24 heavy (non-hydrogen) atoms. The highest BCUT2D eigenvalue weighted by atomic mass is 35.5. The normalized spacial score (nSPS) is 19.9. The van der Waals surface area contributed by atoms with Crippen LogP contribution in [0, 0.1) is 11.7 Å². The summed E-state index contributed by atoms with van der Waals surface area (Å²) in [5.74, 6) is -1.24. The number of amides is 1. The van der Waals surface area contributed by atoms with E-state index >= 15 is 0 Å². The maximum atomic E-state index is 13.0. The Morgan fingerprint density at radius 1 is 1.12 bits per heavy atom. The van der Waals surface area contributed by atoms with E-state index in [0.29, 0.717) is 17.7 Å². The van der Waals surface area contributed by atoms with Crippen LogP contribution in [0.5, 0.6) is 0 Å². The van der Waals surface area contributed by atoms with Crippen LogP contribution < -0.4 is 5.32 Å². The standard InChI is InChI=1S/C17H12ClF4NO/c18-14-7-11(19)5-6-15(14)23-16(24)13-8-12(13)9-1-3-10(4-2-9)17(20,21)22/h1-7,12-13H,8H2,(H,23,24). The van der Waals surface area contributed by atoms with Gasteiger partial charge in [-0.05, 0) is 48.2 Å². The minimum absolute atomic E-state index is 0.0927. The van der Waals surface area contributed by atoms with Gasteiger partial charge < -0.3 is 5.32 Å². The molecule has 1 aliphatic rings. The van der Waals surface area contributed by atoms with Crippen molar-refractivity contribution in [3.63, 3.8) is 0 Å². The Bertz CT molecular complexity index is 773. The van der Waals surface area contributed by atoms with Crippen LogP contribution in [0.3, 0.4) is 0 Å². The molecular formula is C17H12ClF4NO. The van der Waals surface area contributed by atoms with E-state index in [1.807, 2.05) is 0 Å². The van der Waals surface area contributed by atoms with Gasteiger partial charge >= 0.3 is 6.18 Å². The van der Waals surface area contributed by atoms with Gasteiger partial charge in [-0.1, -0.05) is 23.7 Å². The van der Waals surface area contributed by atoms with Crippen LogP contribution in [-0.4, -0.2) is 5.91 Å². The van der Waals surface area contributed by atoms with Gasteiger partial charge in [0.2, 0.25) is 5.91 Å². The number of rotatable bonds is 3. The molecule has 7 heteroatoms. The second-order valence-corrected chi connectivity index (χ2v) is 6.09. The van der Waals surface area contributed by atoms with Gasteiger partial charge in [-0.15, -0.1) is 0 Å². The van der Waals surface area contributed by atoms with Crippen molar-refractivity contribution in [2.45, 2.75) is 18.5 Å². The second kappa shape index (κ2) is 6.09. The number of carbonyl (C=O) groups is 1. The van der Waals surface area contributed by atoms with Gasteiger partial charge in [0.1, 0.15) is 5.82 Å². The molecule has 1 N–H and O–H groups in total. The lowest BCUT2D eigenvalue weighted by atomic mass is 10.1. The van der Waals surface area contributed by atoms with Gasteiger partial charge in [-0.2, -0.15) is 13.2 Å². The smallest absolute Gasteiger partial charge is 0.325 e. The molecule has 2 atom stereocenters. The highest BCUT2D eigenvalue weighted by molar-refractivity contribution is 6.33. The molecule has 2 unspecified atom stereocenters. The third kappa shape index (κ3) is 3.53. The van der Waals surface area contributed by atoms with Gasteiger partial charge in [0.05, 0.1) is 16.3 Å². The molecule has 0 aliphatic heterocycles. The number of benzene rings is 2. The van der Waals surface area contributed by atoms with E-state index in [4.69, 9.17) is 11.6 Å². The van der Waals surface area contributed by atoms with Crippen LogP contribution in [0.25, 0.3) is 0 Å². The first kappa shape index (κ1) is 16.8. The maximum absolute atomic E-state index is 13.0. The topological polar surface area (TPSA) is 29.1 Å². The van der Waals surface area contributed by atoms with Crippen molar-refractivity contribution in [3.8, 4) is 0 Å². The molecule has 1 amide bonds.